The van der Waals surface area contributed by atoms with Crippen molar-refractivity contribution in [2.45, 2.75) is 18.8 Å². The van der Waals surface area contributed by atoms with Crippen molar-refractivity contribution in [3.05, 3.63) is 45.9 Å². The topological polar surface area (TPSA) is 91.1 Å². The number of amides is 1. The summed E-state index contributed by atoms with van der Waals surface area (Å²) in [6, 6.07) is 4.07. The first-order valence-electron chi connectivity index (χ1n) is 7.36. The lowest BCUT2D eigenvalue weighted by molar-refractivity contribution is 0.0704. The highest BCUT2D eigenvalue weighted by atomic mass is 19.1. The molecule has 122 valence electrons. The number of hydrogen-bond acceptors (Lipinski definition) is 4. The Labute approximate surface area is 131 Å². The van der Waals surface area contributed by atoms with Gasteiger partial charge in [-0.1, -0.05) is 0 Å². The Morgan fingerprint density at radius 3 is 3.00 bits per heavy atom. The monoisotopic (exact) mass is 320 g/mol. The normalized spacial score (nSPS) is 18.0. The number of carbonyl (C=O) groups excluding carboxylic acids is 1. The summed E-state index contributed by atoms with van der Waals surface area (Å²) >= 11 is 0. The van der Waals surface area contributed by atoms with Crippen LogP contribution in [-0.2, 0) is 0 Å². The molecular formula is C15H17FN4O3. The van der Waals surface area contributed by atoms with Crippen molar-refractivity contribution in [3.8, 4) is 5.75 Å². The Kier molecular flexibility index (Phi) is 4.14. The van der Waals surface area contributed by atoms with Crippen molar-refractivity contribution in [2.24, 2.45) is 0 Å². The fraction of sp³-hybridized carbons (Fsp3) is 0.400. The second-order valence-corrected chi connectivity index (χ2v) is 5.50. The van der Waals surface area contributed by atoms with Gasteiger partial charge in [0.15, 0.2) is 11.6 Å². The number of aromatic nitrogens is 3. The first kappa shape index (κ1) is 15.3. The average molecular weight is 320 g/mol. The number of halogens is 1. The number of likely N-dealkylation sites (tertiary alicyclic amines) is 1. The lowest BCUT2D eigenvalue weighted by Crippen LogP contribution is -2.39. The standard InChI is InChI=1S/C15H17FN4O3/c1-23-12-7-9(4-5-11(12)16)14(21)20-6-2-3-10(8-20)13-17-15(22)19-18-13/h4-5,7,10H,2-3,6,8H2,1H3,(H2,17,18,19,22). The fourth-order valence-corrected chi connectivity index (χ4v) is 2.84. The van der Waals surface area contributed by atoms with Gasteiger partial charge in [0.2, 0.25) is 0 Å². The van der Waals surface area contributed by atoms with Crippen molar-refractivity contribution < 1.29 is 13.9 Å². The summed E-state index contributed by atoms with van der Waals surface area (Å²) < 4.78 is 18.4. The van der Waals surface area contributed by atoms with Gasteiger partial charge in [0, 0.05) is 24.6 Å². The zero-order valence-electron chi connectivity index (χ0n) is 12.6. The lowest BCUT2D eigenvalue weighted by Gasteiger charge is -2.31. The van der Waals surface area contributed by atoms with Crippen LogP contribution in [0.3, 0.4) is 0 Å². The summed E-state index contributed by atoms with van der Waals surface area (Å²) in [6.07, 6.45) is 1.65. The van der Waals surface area contributed by atoms with E-state index < -0.39 is 5.82 Å². The van der Waals surface area contributed by atoms with Crippen LogP contribution in [0.5, 0.6) is 5.75 Å². The molecule has 0 radical (unpaired) electrons. The molecule has 3 rings (SSSR count). The molecule has 23 heavy (non-hydrogen) atoms. The quantitative estimate of drug-likeness (QED) is 0.891. The van der Waals surface area contributed by atoms with Crippen LogP contribution in [0, 0.1) is 5.82 Å². The van der Waals surface area contributed by atoms with Crippen molar-refractivity contribution in [2.75, 3.05) is 20.2 Å². The van der Waals surface area contributed by atoms with Gasteiger partial charge in [0.25, 0.3) is 5.91 Å². The molecule has 1 saturated heterocycles. The minimum atomic E-state index is -0.505. The Hall–Kier alpha value is -2.64. The van der Waals surface area contributed by atoms with Gasteiger partial charge in [-0.25, -0.2) is 14.3 Å². The molecule has 0 saturated carbocycles. The molecule has 2 N–H and O–H groups in total. The third-order valence-corrected chi connectivity index (χ3v) is 4.01. The van der Waals surface area contributed by atoms with Gasteiger partial charge in [0.05, 0.1) is 7.11 Å². The molecule has 2 heterocycles. The maximum absolute atomic E-state index is 13.5. The first-order valence-corrected chi connectivity index (χ1v) is 7.36. The third-order valence-electron chi connectivity index (χ3n) is 4.01. The second kappa shape index (κ2) is 6.23. The van der Waals surface area contributed by atoms with Gasteiger partial charge < -0.3 is 9.64 Å². The molecule has 1 aromatic heterocycles. The van der Waals surface area contributed by atoms with Crippen LogP contribution in [0.4, 0.5) is 4.39 Å². The van der Waals surface area contributed by atoms with Crippen LogP contribution in [0.25, 0.3) is 0 Å². The van der Waals surface area contributed by atoms with E-state index in [-0.39, 0.29) is 23.3 Å². The largest absolute Gasteiger partial charge is 0.494 e. The summed E-state index contributed by atoms with van der Waals surface area (Å²) in [7, 11) is 1.36. The third kappa shape index (κ3) is 3.10. The molecule has 0 aliphatic carbocycles. The predicted molar refractivity (Wildman–Crippen MR) is 80.0 cm³/mol. The number of nitrogens with one attached hydrogen (secondary N) is 2. The fourth-order valence-electron chi connectivity index (χ4n) is 2.84. The number of ether oxygens (including phenoxy) is 1. The SMILES string of the molecule is COc1cc(C(=O)N2CCCC(c3n[nH]c(=O)[nH]3)C2)ccc1F. The molecule has 1 atom stereocenters. The molecule has 0 spiro atoms. The van der Waals surface area contributed by atoms with Crippen molar-refractivity contribution in [1.29, 1.82) is 0 Å². The Bertz CT molecular complexity index is 770. The van der Waals surface area contributed by atoms with Gasteiger partial charge in [-0.05, 0) is 31.0 Å². The smallest absolute Gasteiger partial charge is 0.340 e. The van der Waals surface area contributed by atoms with E-state index in [0.29, 0.717) is 24.5 Å². The van der Waals surface area contributed by atoms with Crippen LogP contribution >= 0.6 is 0 Å². The highest BCUT2D eigenvalue weighted by molar-refractivity contribution is 5.94. The van der Waals surface area contributed by atoms with Crippen LogP contribution in [0.15, 0.2) is 23.0 Å². The van der Waals surface area contributed by atoms with Gasteiger partial charge in [-0.2, -0.15) is 5.10 Å². The molecule has 8 heteroatoms. The summed E-state index contributed by atoms with van der Waals surface area (Å²) in [4.78, 5) is 28.1. The first-order chi connectivity index (χ1) is 11.1. The maximum Gasteiger partial charge on any atom is 0.340 e. The molecule has 1 fully saturated rings. The summed E-state index contributed by atoms with van der Waals surface area (Å²) in [5.74, 6) is -0.111. The van der Waals surface area contributed by atoms with Crippen LogP contribution < -0.4 is 10.4 Å². The minimum Gasteiger partial charge on any atom is -0.494 e. The van der Waals surface area contributed by atoms with Gasteiger partial charge >= 0.3 is 5.69 Å². The van der Waals surface area contributed by atoms with Gasteiger partial charge in [-0.15, -0.1) is 0 Å². The van der Waals surface area contributed by atoms with E-state index in [9.17, 15) is 14.0 Å². The summed E-state index contributed by atoms with van der Waals surface area (Å²) in [6.45, 7) is 1.07. The average Bonchev–Trinajstić information content (AvgIpc) is 3.01. The summed E-state index contributed by atoms with van der Waals surface area (Å²) in [5, 5.41) is 6.28. The highest BCUT2D eigenvalue weighted by Gasteiger charge is 2.27. The Balaban J connectivity index is 1.78. The number of carbonyl (C=O) groups is 1. The number of hydrogen-bond donors (Lipinski definition) is 2. The molecule has 1 aliphatic rings. The number of piperidine rings is 1. The zero-order chi connectivity index (χ0) is 16.4. The van der Waals surface area contributed by atoms with Crippen LogP contribution in [0.1, 0.15) is 34.9 Å². The van der Waals surface area contributed by atoms with E-state index >= 15 is 0 Å². The molecule has 1 amide bonds. The highest BCUT2D eigenvalue weighted by Crippen LogP contribution is 2.26. The minimum absolute atomic E-state index is 0.0195. The van der Waals surface area contributed by atoms with E-state index in [1.54, 1.807) is 4.90 Å². The van der Waals surface area contributed by atoms with E-state index in [2.05, 4.69) is 15.2 Å². The van der Waals surface area contributed by atoms with E-state index in [1.807, 2.05) is 0 Å². The number of methoxy groups -OCH3 is 1. The predicted octanol–water partition coefficient (Wildman–Crippen LogP) is 1.27. The van der Waals surface area contributed by atoms with Gasteiger partial charge in [-0.3, -0.25) is 9.78 Å². The number of rotatable bonds is 3. The van der Waals surface area contributed by atoms with Crippen molar-refractivity contribution in [3.63, 3.8) is 0 Å². The molecule has 7 nitrogen and oxygen atoms in total. The number of aromatic amines is 2. The maximum atomic E-state index is 13.5. The van der Waals surface area contributed by atoms with Crippen molar-refractivity contribution in [1.82, 2.24) is 20.1 Å². The van der Waals surface area contributed by atoms with E-state index in [4.69, 9.17) is 4.74 Å². The van der Waals surface area contributed by atoms with Crippen LogP contribution in [-0.4, -0.2) is 46.2 Å². The number of benzene rings is 1. The van der Waals surface area contributed by atoms with Gasteiger partial charge in [0.1, 0.15) is 5.82 Å². The van der Waals surface area contributed by atoms with Crippen molar-refractivity contribution >= 4 is 5.91 Å². The molecule has 1 aliphatic heterocycles. The summed E-state index contributed by atoms with van der Waals surface area (Å²) in [5.41, 5.74) is 0.0196. The van der Waals surface area contributed by atoms with Crippen LogP contribution in [0.2, 0.25) is 0 Å². The molecule has 1 unspecified atom stereocenters. The molecular weight excluding hydrogens is 303 g/mol. The number of H-pyrrole nitrogens is 2. The molecule has 0 bridgehead atoms. The van der Waals surface area contributed by atoms with E-state index in [0.717, 1.165) is 12.8 Å². The Morgan fingerprint density at radius 1 is 1.48 bits per heavy atom. The second-order valence-electron chi connectivity index (χ2n) is 5.50. The van der Waals surface area contributed by atoms with E-state index in [1.165, 1.54) is 25.3 Å². The molecule has 2 aromatic rings. The number of nitrogens with zero attached hydrogens (tertiary/aromatic N) is 2. The molecule has 1 aromatic carbocycles. The Morgan fingerprint density at radius 2 is 2.30 bits per heavy atom. The lowest BCUT2D eigenvalue weighted by atomic mass is 9.96. The zero-order valence-corrected chi connectivity index (χ0v) is 12.6.